The summed E-state index contributed by atoms with van der Waals surface area (Å²) < 4.78 is 0. The number of likely N-dealkylation sites (tertiary alicyclic amines) is 1. The van der Waals surface area contributed by atoms with E-state index in [0.29, 0.717) is 17.6 Å². The average Bonchev–Trinajstić information content (AvgIpc) is 3.05. The van der Waals surface area contributed by atoms with Crippen LogP contribution >= 0.6 is 0 Å². The van der Waals surface area contributed by atoms with Crippen LogP contribution in [0.2, 0.25) is 0 Å². The Bertz CT molecular complexity index is 972. The number of fused-ring (bicyclic) bond motifs is 1. The van der Waals surface area contributed by atoms with E-state index in [4.69, 9.17) is 0 Å². The monoisotopic (exact) mass is 362 g/mol. The van der Waals surface area contributed by atoms with Crippen molar-refractivity contribution >= 4 is 34.4 Å². The number of carbonyl (C=O) groups is 1. The summed E-state index contributed by atoms with van der Waals surface area (Å²) in [6.07, 6.45) is 6.62. The molecule has 3 aromatic rings. The Balaban J connectivity index is 1.36. The standard InChI is InChI=1S/C20H22N6O/c27-19(26-11-2-12-26)13-5-7-15(8-6-13)23-20-24-17-16(9-10-21-17)18(25-20)22-14-3-1-4-14/h5-10,14H,1-4,11-12H2,(H3,21,22,23,24,25). The summed E-state index contributed by atoms with van der Waals surface area (Å²) in [4.78, 5) is 26.5. The van der Waals surface area contributed by atoms with Crippen LogP contribution in [0.5, 0.6) is 0 Å². The summed E-state index contributed by atoms with van der Waals surface area (Å²) in [7, 11) is 0. The molecular weight excluding hydrogens is 340 g/mol. The highest BCUT2D eigenvalue weighted by molar-refractivity contribution is 5.95. The maximum Gasteiger partial charge on any atom is 0.253 e. The molecular formula is C20H22N6O. The number of amides is 1. The van der Waals surface area contributed by atoms with Crippen LogP contribution in [0.3, 0.4) is 0 Å². The summed E-state index contributed by atoms with van der Waals surface area (Å²) in [5, 5.41) is 7.78. The Morgan fingerprint density at radius 2 is 1.89 bits per heavy atom. The summed E-state index contributed by atoms with van der Waals surface area (Å²) in [6.45, 7) is 1.72. The molecule has 1 aromatic carbocycles. The maximum absolute atomic E-state index is 12.3. The Kier molecular flexibility index (Phi) is 3.92. The molecule has 1 saturated heterocycles. The highest BCUT2D eigenvalue weighted by Crippen LogP contribution is 2.28. The first kappa shape index (κ1) is 16.1. The maximum atomic E-state index is 12.3. The zero-order valence-electron chi connectivity index (χ0n) is 15.0. The van der Waals surface area contributed by atoms with Gasteiger partial charge < -0.3 is 20.5 Å². The molecule has 27 heavy (non-hydrogen) atoms. The van der Waals surface area contributed by atoms with Crippen LogP contribution in [0.25, 0.3) is 11.0 Å². The second-order valence-corrected chi connectivity index (χ2v) is 7.26. The molecule has 0 radical (unpaired) electrons. The normalized spacial score (nSPS) is 16.7. The molecule has 7 nitrogen and oxygen atoms in total. The highest BCUT2D eigenvalue weighted by atomic mass is 16.2. The second kappa shape index (κ2) is 6.57. The molecule has 7 heteroatoms. The molecule has 2 aliphatic rings. The number of benzene rings is 1. The van der Waals surface area contributed by atoms with Gasteiger partial charge in [-0.1, -0.05) is 0 Å². The van der Waals surface area contributed by atoms with Crippen LogP contribution in [0.1, 0.15) is 36.0 Å². The minimum absolute atomic E-state index is 0.101. The number of hydrogen-bond acceptors (Lipinski definition) is 5. The van der Waals surface area contributed by atoms with E-state index in [-0.39, 0.29) is 5.91 Å². The quantitative estimate of drug-likeness (QED) is 0.647. The number of aromatic nitrogens is 3. The van der Waals surface area contributed by atoms with Gasteiger partial charge in [-0.3, -0.25) is 4.79 Å². The molecule has 0 atom stereocenters. The first-order chi connectivity index (χ1) is 13.3. The SMILES string of the molecule is O=C(c1ccc(Nc2nc(NC3CCC3)c3cc[nH]c3n2)cc1)N1CCC1. The molecule has 1 amide bonds. The second-order valence-electron chi connectivity index (χ2n) is 7.26. The lowest BCUT2D eigenvalue weighted by molar-refractivity contribution is 0.0652. The van der Waals surface area contributed by atoms with Crippen LogP contribution in [0.4, 0.5) is 17.5 Å². The molecule has 3 N–H and O–H groups in total. The molecule has 1 saturated carbocycles. The number of hydrogen-bond donors (Lipinski definition) is 3. The minimum Gasteiger partial charge on any atom is -0.367 e. The van der Waals surface area contributed by atoms with Crippen molar-refractivity contribution in [3.8, 4) is 0 Å². The van der Waals surface area contributed by atoms with Crippen LogP contribution in [-0.4, -0.2) is 44.9 Å². The van der Waals surface area contributed by atoms with Gasteiger partial charge in [-0.15, -0.1) is 0 Å². The summed E-state index contributed by atoms with van der Waals surface area (Å²) in [5.41, 5.74) is 2.38. The van der Waals surface area contributed by atoms with Crippen molar-refractivity contribution in [1.29, 1.82) is 0 Å². The number of nitrogens with one attached hydrogen (secondary N) is 3. The van der Waals surface area contributed by atoms with Gasteiger partial charge in [0.2, 0.25) is 5.95 Å². The van der Waals surface area contributed by atoms with Gasteiger partial charge in [-0.2, -0.15) is 9.97 Å². The van der Waals surface area contributed by atoms with E-state index >= 15 is 0 Å². The summed E-state index contributed by atoms with van der Waals surface area (Å²) in [6, 6.07) is 9.99. The molecule has 0 bridgehead atoms. The van der Waals surface area contributed by atoms with Gasteiger partial charge in [0, 0.05) is 36.6 Å². The van der Waals surface area contributed by atoms with Gasteiger partial charge in [0.15, 0.2) is 0 Å². The van der Waals surface area contributed by atoms with E-state index in [0.717, 1.165) is 42.0 Å². The first-order valence-corrected chi connectivity index (χ1v) is 9.54. The number of nitrogens with zero attached hydrogens (tertiary/aromatic N) is 3. The molecule has 1 aliphatic heterocycles. The number of anilines is 3. The van der Waals surface area contributed by atoms with Crippen LogP contribution in [0.15, 0.2) is 36.5 Å². The number of H-pyrrole nitrogens is 1. The van der Waals surface area contributed by atoms with E-state index in [2.05, 4.69) is 25.6 Å². The van der Waals surface area contributed by atoms with Gasteiger partial charge in [0.25, 0.3) is 5.91 Å². The lowest BCUT2D eigenvalue weighted by Gasteiger charge is -2.30. The topological polar surface area (TPSA) is 85.9 Å². The number of carbonyl (C=O) groups excluding carboxylic acids is 1. The fraction of sp³-hybridized carbons (Fsp3) is 0.350. The Labute approximate surface area is 157 Å². The molecule has 2 aromatic heterocycles. The fourth-order valence-electron chi connectivity index (χ4n) is 3.38. The van der Waals surface area contributed by atoms with Crippen LogP contribution in [-0.2, 0) is 0 Å². The van der Waals surface area contributed by atoms with Crippen molar-refractivity contribution in [2.24, 2.45) is 0 Å². The first-order valence-electron chi connectivity index (χ1n) is 9.54. The Morgan fingerprint density at radius 3 is 2.56 bits per heavy atom. The largest absolute Gasteiger partial charge is 0.367 e. The lowest BCUT2D eigenvalue weighted by atomic mass is 9.93. The molecule has 0 spiro atoms. The molecule has 1 aliphatic carbocycles. The molecule has 0 unspecified atom stereocenters. The van der Waals surface area contributed by atoms with Crippen LogP contribution < -0.4 is 10.6 Å². The summed E-state index contributed by atoms with van der Waals surface area (Å²) in [5.74, 6) is 1.50. The molecule has 3 heterocycles. The van der Waals surface area contributed by atoms with Crippen molar-refractivity contribution in [3.63, 3.8) is 0 Å². The van der Waals surface area contributed by atoms with Crippen molar-refractivity contribution in [2.75, 3.05) is 23.7 Å². The third-order valence-corrected chi connectivity index (χ3v) is 5.39. The van der Waals surface area contributed by atoms with Gasteiger partial charge in [-0.05, 0) is 56.0 Å². The smallest absolute Gasteiger partial charge is 0.253 e. The van der Waals surface area contributed by atoms with Crippen molar-refractivity contribution in [3.05, 3.63) is 42.1 Å². The third-order valence-electron chi connectivity index (χ3n) is 5.39. The van der Waals surface area contributed by atoms with Crippen LogP contribution in [0, 0.1) is 0 Å². The Hall–Kier alpha value is -3.09. The number of rotatable bonds is 5. The Morgan fingerprint density at radius 1 is 1.07 bits per heavy atom. The van der Waals surface area contributed by atoms with Crippen molar-refractivity contribution in [2.45, 2.75) is 31.7 Å². The van der Waals surface area contributed by atoms with E-state index in [1.54, 1.807) is 0 Å². The molecule has 138 valence electrons. The van der Waals surface area contributed by atoms with Gasteiger partial charge in [0.05, 0.1) is 5.39 Å². The number of aromatic amines is 1. The van der Waals surface area contributed by atoms with E-state index in [9.17, 15) is 4.79 Å². The zero-order chi connectivity index (χ0) is 18.2. The average molecular weight is 362 g/mol. The van der Waals surface area contributed by atoms with E-state index < -0.39 is 0 Å². The third kappa shape index (κ3) is 3.09. The predicted molar refractivity (Wildman–Crippen MR) is 105 cm³/mol. The van der Waals surface area contributed by atoms with Gasteiger partial charge in [-0.25, -0.2) is 0 Å². The van der Waals surface area contributed by atoms with Gasteiger partial charge in [0.1, 0.15) is 11.5 Å². The fourth-order valence-corrected chi connectivity index (χ4v) is 3.38. The summed E-state index contributed by atoms with van der Waals surface area (Å²) >= 11 is 0. The zero-order valence-corrected chi connectivity index (χ0v) is 15.0. The van der Waals surface area contributed by atoms with E-state index in [1.165, 1.54) is 19.3 Å². The lowest BCUT2D eigenvalue weighted by Crippen LogP contribution is -2.41. The van der Waals surface area contributed by atoms with Gasteiger partial charge >= 0.3 is 0 Å². The minimum atomic E-state index is 0.101. The highest BCUT2D eigenvalue weighted by Gasteiger charge is 2.22. The van der Waals surface area contributed by atoms with Crippen molar-refractivity contribution < 1.29 is 4.79 Å². The predicted octanol–water partition coefficient (Wildman–Crippen LogP) is 3.51. The molecule has 2 fully saturated rings. The van der Waals surface area contributed by atoms with E-state index in [1.807, 2.05) is 41.4 Å². The van der Waals surface area contributed by atoms with Crippen molar-refractivity contribution in [1.82, 2.24) is 19.9 Å². The molecule has 5 rings (SSSR count).